The highest BCUT2D eigenvalue weighted by atomic mass is 35.5. The fourth-order valence-corrected chi connectivity index (χ4v) is 3.68. The van der Waals surface area contributed by atoms with E-state index in [1.54, 1.807) is 30.5 Å². The summed E-state index contributed by atoms with van der Waals surface area (Å²) in [5.41, 5.74) is 1.48. The average molecular weight is 321 g/mol. The normalized spacial score (nSPS) is 12.7. The van der Waals surface area contributed by atoms with Crippen molar-refractivity contribution in [3.05, 3.63) is 63.9 Å². The van der Waals surface area contributed by atoms with E-state index in [2.05, 4.69) is 10.3 Å². The number of halogens is 2. The van der Waals surface area contributed by atoms with Gasteiger partial charge in [-0.25, -0.2) is 9.37 Å². The van der Waals surface area contributed by atoms with Gasteiger partial charge in [-0.3, -0.25) is 0 Å². The largest absolute Gasteiger partial charge is 0.313 e. The van der Waals surface area contributed by atoms with Crippen LogP contribution in [0.25, 0.3) is 10.2 Å². The topological polar surface area (TPSA) is 24.9 Å². The summed E-state index contributed by atoms with van der Waals surface area (Å²) in [6, 6.07) is 12.6. The Bertz CT molecular complexity index is 719. The highest BCUT2D eigenvalue weighted by Gasteiger charge is 2.19. The van der Waals surface area contributed by atoms with Crippen LogP contribution in [0.2, 0.25) is 5.02 Å². The summed E-state index contributed by atoms with van der Waals surface area (Å²) in [7, 11) is 1.81. The second-order valence-corrected chi connectivity index (χ2v) is 6.28. The number of hydrogen-bond donors (Lipinski definition) is 1. The first-order valence-electron chi connectivity index (χ1n) is 6.64. The summed E-state index contributed by atoms with van der Waals surface area (Å²) >= 11 is 7.78. The Balaban J connectivity index is 1.94. The average Bonchev–Trinajstić information content (AvgIpc) is 2.88. The molecule has 0 amide bonds. The molecule has 5 heteroatoms. The second kappa shape index (κ2) is 6.10. The zero-order valence-electron chi connectivity index (χ0n) is 11.4. The van der Waals surface area contributed by atoms with E-state index in [0.29, 0.717) is 17.0 Å². The molecule has 3 rings (SSSR count). The summed E-state index contributed by atoms with van der Waals surface area (Å²) in [6.45, 7) is 0. The van der Waals surface area contributed by atoms with E-state index in [9.17, 15) is 4.39 Å². The van der Waals surface area contributed by atoms with Crippen molar-refractivity contribution in [2.45, 2.75) is 12.5 Å². The van der Waals surface area contributed by atoms with Crippen LogP contribution >= 0.6 is 22.9 Å². The number of fused-ring (bicyclic) bond motifs is 1. The van der Waals surface area contributed by atoms with Crippen LogP contribution in [0.15, 0.2) is 42.5 Å². The highest BCUT2D eigenvalue weighted by molar-refractivity contribution is 7.18. The molecule has 2 nitrogen and oxygen atoms in total. The third-order valence-electron chi connectivity index (χ3n) is 3.41. The fraction of sp³-hybridized carbons (Fsp3) is 0.188. The molecule has 0 aliphatic heterocycles. The van der Waals surface area contributed by atoms with Crippen molar-refractivity contribution >= 4 is 33.2 Å². The molecule has 3 aromatic rings. The third-order valence-corrected chi connectivity index (χ3v) is 4.80. The number of hydrogen-bond acceptors (Lipinski definition) is 3. The van der Waals surface area contributed by atoms with Crippen molar-refractivity contribution in [2.75, 3.05) is 7.05 Å². The summed E-state index contributed by atoms with van der Waals surface area (Å²) in [6.07, 6.45) is 0.608. The number of thiazole rings is 1. The van der Waals surface area contributed by atoms with E-state index >= 15 is 0 Å². The molecule has 108 valence electrons. The van der Waals surface area contributed by atoms with Crippen LogP contribution in [0.1, 0.15) is 16.6 Å². The third kappa shape index (κ3) is 2.93. The minimum Gasteiger partial charge on any atom is -0.313 e. The molecule has 2 aromatic carbocycles. The van der Waals surface area contributed by atoms with Crippen molar-refractivity contribution in [3.63, 3.8) is 0 Å². The zero-order valence-corrected chi connectivity index (χ0v) is 13.0. The van der Waals surface area contributed by atoms with E-state index in [1.807, 2.05) is 24.3 Å². The first kappa shape index (κ1) is 14.4. The molecule has 0 aliphatic rings. The molecular formula is C16H14ClFN2S. The first-order valence-corrected chi connectivity index (χ1v) is 7.84. The van der Waals surface area contributed by atoms with Gasteiger partial charge in [0.15, 0.2) is 0 Å². The van der Waals surface area contributed by atoms with Gasteiger partial charge in [0, 0.05) is 23.0 Å². The molecular weight excluding hydrogens is 307 g/mol. The quantitative estimate of drug-likeness (QED) is 0.760. The van der Waals surface area contributed by atoms with Crippen molar-refractivity contribution in [1.82, 2.24) is 10.3 Å². The van der Waals surface area contributed by atoms with E-state index in [4.69, 9.17) is 11.6 Å². The molecule has 0 saturated heterocycles. The van der Waals surface area contributed by atoms with Crippen molar-refractivity contribution in [3.8, 4) is 0 Å². The van der Waals surface area contributed by atoms with Gasteiger partial charge in [0.25, 0.3) is 0 Å². The van der Waals surface area contributed by atoms with Crippen molar-refractivity contribution < 1.29 is 4.39 Å². The number of nitrogens with one attached hydrogen (secondary N) is 1. The molecule has 0 fully saturated rings. The van der Waals surface area contributed by atoms with Gasteiger partial charge in [-0.2, -0.15) is 0 Å². The monoisotopic (exact) mass is 320 g/mol. The van der Waals surface area contributed by atoms with Gasteiger partial charge in [-0.15, -0.1) is 11.3 Å². The van der Waals surface area contributed by atoms with Gasteiger partial charge < -0.3 is 5.32 Å². The van der Waals surface area contributed by atoms with Gasteiger partial charge >= 0.3 is 0 Å². The number of rotatable bonds is 4. The number of para-hydroxylation sites is 1. The van der Waals surface area contributed by atoms with Crippen molar-refractivity contribution in [1.29, 1.82) is 0 Å². The van der Waals surface area contributed by atoms with Crippen LogP contribution in [0, 0.1) is 5.82 Å². The summed E-state index contributed by atoms with van der Waals surface area (Å²) in [5, 5.41) is 4.54. The van der Waals surface area contributed by atoms with E-state index in [0.717, 1.165) is 15.2 Å². The number of aromatic nitrogens is 1. The van der Waals surface area contributed by atoms with Gasteiger partial charge in [0.2, 0.25) is 0 Å². The number of benzene rings is 2. The maximum absolute atomic E-state index is 14.1. The Morgan fingerprint density at radius 1 is 1.24 bits per heavy atom. The lowest BCUT2D eigenvalue weighted by Crippen LogP contribution is -2.20. The molecule has 1 aromatic heterocycles. The van der Waals surface area contributed by atoms with E-state index in [1.165, 1.54) is 6.07 Å². The first-order chi connectivity index (χ1) is 10.2. The molecule has 1 unspecified atom stereocenters. The molecule has 0 aliphatic carbocycles. The van der Waals surface area contributed by atoms with Crippen LogP contribution in [0.5, 0.6) is 0 Å². The zero-order chi connectivity index (χ0) is 14.8. The van der Waals surface area contributed by atoms with Gasteiger partial charge in [0.1, 0.15) is 5.82 Å². The maximum Gasteiger partial charge on any atom is 0.129 e. The van der Waals surface area contributed by atoms with Crippen LogP contribution in [-0.4, -0.2) is 12.0 Å². The lowest BCUT2D eigenvalue weighted by molar-refractivity contribution is 0.534. The smallest absolute Gasteiger partial charge is 0.129 e. The molecule has 1 heterocycles. The number of likely N-dealkylation sites (N-methyl/N-ethyl adjacent to an activating group) is 1. The van der Waals surface area contributed by atoms with E-state index < -0.39 is 0 Å². The fourth-order valence-electron chi connectivity index (χ4n) is 2.37. The maximum atomic E-state index is 14.1. The molecule has 1 atom stereocenters. The lowest BCUT2D eigenvalue weighted by Gasteiger charge is -2.17. The predicted octanol–water partition coefficient (Wildman–Crippen LogP) is 4.59. The second-order valence-electron chi connectivity index (χ2n) is 4.76. The lowest BCUT2D eigenvalue weighted by atomic mass is 10.0. The Hall–Kier alpha value is -1.49. The molecule has 0 radical (unpaired) electrons. The van der Waals surface area contributed by atoms with Gasteiger partial charge in [-0.1, -0.05) is 29.8 Å². The van der Waals surface area contributed by atoms with Crippen LogP contribution in [-0.2, 0) is 6.42 Å². The van der Waals surface area contributed by atoms with Gasteiger partial charge in [0.05, 0.1) is 15.2 Å². The van der Waals surface area contributed by atoms with E-state index in [-0.39, 0.29) is 11.9 Å². The SMILES string of the molecule is CNC(Cc1nc2ccccc2s1)c1c(F)cccc1Cl. The Morgan fingerprint density at radius 2 is 2.05 bits per heavy atom. The predicted molar refractivity (Wildman–Crippen MR) is 86.5 cm³/mol. The van der Waals surface area contributed by atoms with Crippen LogP contribution in [0.4, 0.5) is 4.39 Å². The van der Waals surface area contributed by atoms with Crippen molar-refractivity contribution in [2.24, 2.45) is 0 Å². The molecule has 0 bridgehead atoms. The number of nitrogens with zero attached hydrogens (tertiary/aromatic N) is 1. The minimum absolute atomic E-state index is 0.195. The summed E-state index contributed by atoms with van der Waals surface area (Å²) in [5.74, 6) is -0.289. The molecule has 1 N–H and O–H groups in total. The summed E-state index contributed by atoms with van der Waals surface area (Å²) in [4.78, 5) is 4.60. The molecule has 21 heavy (non-hydrogen) atoms. The molecule has 0 saturated carbocycles. The van der Waals surface area contributed by atoms with Crippen LogP contribution < -0.4 is 5.32 Å². The standard InChI is InChI=1S/C16H14ClFN2S/c1-19-13(16-10(17)5-4-6-11(16)18)9-15-20-12-7-2-3-8-14(12)21-15/h2-8,13,19H,9H2,1H3. The Kier molecular flexibility index (Phi) is 4.19. The molecule has 0 spiro atoms. The Labute approximate surface area is 131 Å². The summed E-state index contributed by atoms with van der Waals surface area (Å²) < 4.78 is 15.2. The highest BCUT2D eigenvalue weighted by Crippen LogP contribution is 2.30. The minimum atomic E-state index is -0.289. The van der Waals surface area contributed by atoms with Gasteiger partial charge in [-0.05, 0) is 31.3 Å². The van der Waals surface area contributed by atoms with Crippen LogP contribution in [0.3, 0.4) is 0 Å². The Morgan fingerprint density at radius 3 is 2.76 bits per heavy atom.